The van der Waals surface area contributed by atoms with Gasteiger partial charge in [-0.2, -0.15) is 0 Å². The van der Waals surface area contributed by atoms with E-state index >= 15 is 0 Å². The minimum Gasteiger partial charge on any atom is -0.496 e. The monoisotopic (exact) mass is 476 g/mol. The van der Waals surface area contributed by atoms with Crippen LogP contribution in [0.15, 0.2) is 72.9 Å². The predicted molar refractivity (Wildman–Crippen MR) is 133 cm³/mol. The fourth-order valence-electron chi connectivity index (χ4n) is 4.03. The van der Waals surface area contributed by atoms with Crippen LogP contribution in [-0.2, 0) is 11.3 Å². The number of hydrogen-bond acceptors (Lipinski definition) is 4. The van der Waals surface area contributed by atoms with Crippen molar-refractivity contribution >= 4 is 34.4 Å². The van der Waals surface area contributed by atoms with Crippen LogP contribution in [0.5, 0.6) is 5.75 Å². The molecule has 1 atom stereocenters. The summed E-state index contributed by atoms with van der Waals surface area (Å²) in [5.41, 5.74) is 3.66. The molecule has 0 saturated heterocycles. The molecule has 0 aliphatic heterocycles. The second kappa shape index (κ2) is 10.0. The second-order valence-electron chi connectivity index (χ2n) is 7.96. The van der Waals surface area contributed by atoms with Crippen molar-refractivity contribution in [2.24, 2.45) is 0 Å². The van der Waals surface area contributed by atoms with Crippen LogP contribution in [0.1, 0.15) is 44.8 Å². The number of rotatable bonds is 7. The van der Waals surface area contributed by atoms with E-state index in [1.54, 1.807) is 18.2 Å². The van der Waals surface area contributed by atoms with Gasteiger partial charge in [0.15, 0.2) is 0 Å². The Kier molecular flexibility index (Phi) is 6.89. The number of ether oxygens (including phenoxy) is 2. The average Bonchev–Trinajstić information content (AvgIpc) is 3.27. The van der Waals surface area contributed by atoms with E-state index in [-0.39, 0.29) is 11.9 Å². The molecule has 0 bridgehead atoms. The maximum Gasteiger partial charge on any atom is 0.337 e. The largest absolute Gasteiger partial charge is 0.496 e. The highest BCUT2D eigenvalue weighted by atomic mass is 35.5. The van der Waals surface area contributed by atoms with E-state index in [2.05, 4.69) is 9.88 Å². The smallest absolute Gasteiger partial charge is 0.337 e. The minimum atomic E-state index is -0.449. The van der Waals surface area contributed by atoms with Crippen LogP contribution in [0.3, 0.4) is 0 Å². The highest BCUT2D eigenvalue weighted by Crippen LogP contribution is 2.28. The number of carbonyl (C=O) groups excluding carboxylic acids is 2. The van der Waals surface area contributed by atoms with Crippen molar-refractivity contribution in [3.05, 3.63) is 100 Å². The van der Waals surface area contributed by atoms with Gasteiger partial charge in [-0.1, -0.05) is 41.9 Å². The lowest BCUT2D eigenvalue weighted by Crippen LogP contribution is -2.27. The third-order valence-electron chi connectivity index (χ3n) is 5.77. The summed E-state index contributed by atoms with van der Waals surface area (Å²) in [5.74, 6) is -0.150. The number of aromatic nitrogens is 1. The van der Waals surface area contributed by atoms with E-state index in [4.69, 9.17) is 21.1 Å². The quantitative estimate of drug-likeness (QED) is 0.351. The van der Waals surface area contributed by atoms with Crippen molar-refractivity contribution < 1.29 is 19.1 Å². The Morgan fingerprint density at radius 1 is 1.03 bits per heavy atom. The summed E-state index contributed by atoms with van der Waals surface area (Å²) in [6.45, 7) is 2.49. The summed E-state index contributed by atoms with van der Waals surface area (Å²) in [6, 6.07) is 20.0. The summed E-state index contributed by atoms with van der Waals surface area (Å²) in [6.07, 6.45) is 1.98. The van der Waals surface area contributed by atoms with Crippen LogP contribution in [0, 0.1) is 0 Å². The lowest BCUT2D eigenvalue weighted by molar-refractivity contribution is 0.0600. The van der Waals surface area contributed by atoms with Crippen LogP contribution >= 0.6 is 11.6 Å². The summed E-state index contributed by atoms with van der Waals surface area (Å²) in [5, 5.41) is 4.73. The zero-order chi connectivity index (χ0) is 24.2. The van der Waals surface area contributed by atoms with Gasteiger partial charge in [0.2, 0.25) is 0 Å². The topological polar surface area (TPSA) is 69.6 Å². The Morgan fingerprint density at radius 2 is 1.79 bits per heavy atom. The number of hydrogen-bond donors (Lipinski definition) is 1. The summed E-state index contributed by atoms with van der Waals surface area (Å²) >= 11 is 6.02. The van der Waals surface area contributed by atoms with Crippen LogP contribution in [0.4, 0.5) is 0 Å². The first-order valence-corrected chi connectivity index (χ1v) is 11.2. The van der Waals surface area contributed by atoms with Crippen molar-refractivity contribution in [2.75, 3.05) is 14.2 Å². The molecule has 0 aliphatic rings. The van der Waals surface area contributed by atoms with Crippen molar-refractivity contribution in [1.82, 2.24) is 9.88 Å². The minimum absolute atomic E-state index is 0.201. The molecule has 174 valence electrons. The molecule has 1 amide bonds. The van der Waals surface area contributed by atoms with Crippen LogP contribution in [0.2, 0.25) is 5.02 Å². The van der Waals surface area contributed by atoms with E-state index in [1.165, 1.54) is 14.2 Å². The number of halogens is 1. The van der Waals surface area contributed by atoms with E-state index in [0.29, 0.717) is 28.4 Å². The number of fused-ring (bicyclic) bond motifs is 1. The van der Waals surface area contributed by atoms with Gasteiger partial charge in [-0.3, -0.25) is 4.79 Å². The summed E-state index contributed by atoms with van der Waals surface area (Å²) < 4.78 is 12.3. The zero-order valence-corrected chi connectivity index (χ0v) is 19.9. The number of carbonyl (C=O) groups is 2. The average molecular weight is 477 g/mol. The van der Waals surface area contributed by atoms with Crippen LogP contribution in [0.25, 0.3) is 10.9 Å². The molecule has 1 unspecified atom stereocenters. The Balaban J connectivity index is 1.61. The Labute approximate surface area is 203 Å². The number of amides is 1. The number of methoxy groups -OCH3 is 2. The van der Waals surface area contributed by atoms with E-state index in [1.807, 2.05) is 61.7 Å². The van der Waals surface area contributed by atoms with Gasteiger partial charge in [0.05, 0.1) is 36.9 Å². The first-order valence-electron chi connectivity index (χ1n) is 10.8. The number of para-hydroxylation sites is 1. The molecule has 1 heterocycles. The number of nitrogens with one attached hydrogen (secondary N) is 1. The lowest BCUT2D eigenvalue weighted by atomic mass is 10.0. The Morgan fingerprint density at radius 3 is 2.50 bits per heavy atom. The predicted octanol–water partition coefficient (Wildman–Crippen LogP) is 5.63. The highest BCUT2D eigenvalue weighted by molar-refractivity contribution is 6.30. The van der Waals surface area contributed by atoms with E-state index < -0.39 is 5.97 Å². The first-order chi connectivity index (χ1) is 16.4. The molecule has 6 nitrogen and oxygen atoms in total. The third-order valence-corrected chi connectivity index (χ3v) is 6.02. The molecular formula is C27H25ClN2O4. The molecule has 0 radical (unpaired) electrons. The fraction of sp³-hybridized carbons (Fsp3) is 0.185. The van der Waals surface area contributed by atoms with Crippen molar-refractivity contribution in [3.63, 3.8) is 0 Å². The van der Waals surface area contributed by atoms with Crippen molar-refractivity contribution in [1.29, 1.82) is 0 Å². The van der Waals surface area contributed by atoms with Crippen LogP contribution in [-0.4, -0.2) is 30.7 Å². The Hall–Kier alpha value is -3.77. The van der Waals surface area contributed by atoms with Gasteiger partial charge in [0, 0.05) is 28.7 Å². The molecule has 0 aliphatic carbocycles. The molecular weight excluding hydrogens is 452 g/mol. The van der Waals surface area contributed by atoms with E-state index in [0.717, 1.165) is 22.0 Å². The number of nitrogens with zero attached hydrogens (tertiary/aromatic N) is 1. The standard InChI is InChI=1S/C27H25ClN2O4/c1-17(22-12-9-20(27(32)34-3)15-24(22)33-2)29-26(31)23-6-4-5-19-13-14-30(25(19)23)16-18-7-10-21(28)11-8-18/h4-15,17H,16H2,1-3H3,(H,29,31). The highest BCUT2D eigenvalue weighted by Gasteiger charge is 2.20. The van der Waals surface area contributed by atoms with Gasteiger partial charge in [-0.25, -0.2) is 4.79 Å². The molecule has 0 saturated carbocycles. The summed E-state index contributed by atoms with van der Waals surface area (Å²) in [4.78, 5) is 25.2. The maximum atomic E-state index is 13.4. The molecule has 0 spiro atoms. The van der Waals surface area contributed by atoms with Crippen LogP contribution < -0.4 is 10.1 Å². The molecule has 7 heteroatoms. The number of esters is 1. The first kappa shape index (κ1) is 23.4. The lowest BCUT2D eigenvalue weighted by Gasteiger charge is -2.19. The number of benzene rings is 3. The van der Waals surface area contributed by atoms with Gasteiger partial charge in [-0.15, -0.1) is 0 Å². The second-order valence-corrected chi connectivity index (χ2v) is 8.39. The fourth-order valence-corrected chi connectivity index (χ4v) is 4.15. The van der Waals surface area contributed by atoms with Crippen molar-refractivity contribution in [2.45, 2.75) is 19.5 Å². The van der Waals surface area contributed by atoms with E-state index in [9.17, 15) is 9.59 Å². The van der Waals surface area contributed by atoms with Gasteiger partial charge in [-0.05, 0) is 48.9 Å². The van der Waals surface area contributed by atoms with Gasteiger partial charge in [0.1, 0.15) is 5.75 Å². The molecule has 1 N–H and O–H groups in total. The molecule has 34 heavy (non-hydrogen) atoms. The normalized spacial score (nSPS) is 11.8. The van der Waals surface area contributed by atoms with Gasteiger partial charge < -0.3 is 19.4 Å². The summed E-state index contributed by atoms with van der Waals surface area (Å²) in [7, 11) is 2.85. The third kappa shape index (κ3) is 4.77. The molecule has 1 aromatic heterocycles. The van der Waals surface area contributed by atoms with Gasteiger partial charge >= 0.3 is 5.97 Å². The molecule has 4 aromatic rings. The Bertz CT molecular complexity index is 1340. The zero-order valence-electron chi connectivity index (χ0n) is 19.2. The van der Waals surface area contributed by atoms with Crippen molar-refractivity contribution in [3.8, 4) is 5.75 Å². The molecule has 0 fully saturated rings. The van der Waals surface area contributed by atoms with Gasteiger partial charge in [0.25, 0.3) is 5.91 Å². The maximum absolute atomic E-state index is 13.4. The SMILES string of the molecule is COC(=O)c1ccc(C(C)NC(=O)c2cccc3ccn(Cc4ccc(Cl)cc4)c23)c(OC)c1. The molecule has 3 aromatic carbocycles. The molecule has 4 rings (SSSR count).